The molecule has 1 aliphatic carbocycles. The molecule has 1 saturated carbocycles. The van der Waals surface area contributed by atoms with Crippen LogP contribution in [0.1, 0.15) is 48.7 Å². The fourth-order valence-electron chi connectivity index (χ4n) is 2.76. The number of aromatic nitrogens is 4. The number of carbonyl (C=O) groups excluding carboxylic acids is 1. The molecule has 0 radical (unpaired) electrons. The molecule has 0 spiro atoms. The zero-order valence-electron chi connectivity index (χ0n) is 13.9. The quantitative estimate of drug-likeness (QED) is 0.725. The van der Waals surface area contributed by atoms with E-state index in [4.69, 9.17) is 11.6 Å². The number of alkyl halides is 2. The van der Waals surface area contributed by atoms with Crippen LogP contribution < -0.4 is 5.32 Å². The third-order valence-corrected chi connectivity index (χ3v) is 4.61. The fraction of sp³-hybridized carbons (Fsp3) is 0.562. The Kier molecular flexibility index (Phi) is 5.36. The van der Waals surface area contributed by atoms with Crippen LogP contribution in [0.3, 0.4) is 0 Å². The van der Waals surface area contributed by atoms with Crippen LogP contribution >= 0.6 is 11.6 Å². The molecule has 25 heavy (non-hydrogen) atoms. The second-order valence-electron chi connectivity index (χ2n) is 6.22. The number of carbonyl (C=O) groups is 1. The maximum atomic E-state index is 13.0. The van der Waals surface area contributed by atoms with Gasteiger partial charge in [-0.25, -0.2) is 8.78 Å². The van der Waals surface area contributed by atoms with Crippen LogP contribution in [-0.4, -0.2) is 32.0 Å². The molecule has 1 N–H and O–H groups in total. The molecule has 0 aliphatic heterocycles. The molecule has 0 aromatic carbocycles. The van der Waals surface area contributed by atoms with Gasteiger partial charge in [-0.3, -0.25) is 14.2 Å². The number of rotatable bonds is 8. The summed E-state index contributed by atoms with van der Waals surface area (Å²) in [7, 11) is 0. The van der Waals surface area contributed by atoms with E-state index in [1.54, 1.807) is 6.20 Å². The fourth-order valence-corrected chi connectivity index (χ4v) is 3.13. The molecule has 9 heteroatoms. The van der Waals surface area contributed by atoms with E-state index < -0.39 is 12.1 Å². The van der Waals surface area contributed by atoms with Crippen LogP contribution in [0, 0.1) is 6.92 Å². The van der Waals surface area contributed by atoms with E-state index in [0.29, 0.717) is 18.8 Å². The van der Waals surface area contributed by atoms with E-state index in [9.17, 15) is 13.6 Å². The number of hydrogen-bond acceptors (Lipinski definition) is 3. The van der Waals surface area contributed by atoms with Gasteiger partial charge in [0.25, 0.3) is 6.43 Å². The van der Waals surface area contributed by atoms with Crippen LogP contribution in [0.5, 0.6) is 0 Å². The Morgan fingerprint density at radius 1 is 1.44 bits per heavy atom. The molecule has 2 heterocycles. The lowest BCUT2D eigenvalue weighted by molar-refractivity contribution is -0.121. The van der Waals surface area contributed by atoms with Gasteiger partial charge in [-0.15, -0.1) is 0 Å². The molecule has 6 nitrogen and oxygen atoms in total. The van der Waals surface area contributed by atoms with Gasteiger partial charge in [0.2, 0.25) is 5.91 Å². The van der Waals surface area contributed by atoms with Crippen LogP contribution in [0.4, 0.5) is 8.78 Å². The first-order valence-corrected chi connectivity index (χ1v) is 8.64. The highest BCUT2D eigenvalue weighted by molar-refractivity contribution is 6.32. The summed E-state index contributed by atoms with van der Waals surface area (Å²) < 4.78 is 29.2. The summed E-state index contributed by atoms with van der Waals surface area (Å²) in [6.07, 6.45) is 1.49. The van der Waals surface area contributed by atoms with Gasteiger partial charge in [-0.1, -0.05) is 11.6 Å². The van der Waals surface area contributed by atoms with Gasteiger partial charge < -0.3 is 5.32 Å². The molecule has 1 aliphatic rings. The third kappa shape index (κ3) is 4.18. The molecule has 2 aromatic rings. The van der Waals surface area contributed by atoms with Gasteiger partial charge in [-0.2, -0.15) is 10.2 Å². The summed E-state index contributed by atoms with van der Waals surface area (Å²) in [4.78, 5) is 12.1. The lowest BCUT2D eigenvalue weighted by Gasteiger charge is -2.09. The zero-order valence-corrected chi connectivity index (χ0v) is 14.6. The van der Waals surface area contributed by atoms with Gasteiger partial charge in [0.15, 0.2) is 0 Å². The first-order chi connectivity index (χ1) is 12.0. The van der Waals surface area contributed by atoms with Gasteiger partial charge in [0.1, 0.15) is 12.2 Å². The Bertz CT molecular complexity index is 754. The van der Waals surface area contributed by atoms with Gasteiger partial charge >= 0.3 is 0 Å². The number of hydrogen-bond donors (Lipinski definition) is 1. The molecular weight excluding hydrogens is 352 g/mol. The maximum Gasteiger partial charge on any atom is 0.283 e. The Balaban J connectivity index is 1.54. The number of halogens is 3. The van der Waals surface area contributed by atoms with E-state index in [-0.39, 0.29) is 23.4 Å². The van der Waals surface area contributed by atoms with Crippen LogP contribution in [0.15, 0.2) is 12.3 Å². The molecule has 0 saturated heterocycles. The Labute approximate surface area is 149 Å². The molecule has 0 bridgehead atoms. The summed E-state index contributed by atoms with van der Waals surface area (Å²) >= 11 is 6.04. The van der Waals surface area contributed by atoms with Crippen molar-refractivity contribution in [1.29, 1.82) is 0 Å². The van der Waals surface area contributed by atoms with Gasteiger partial charge in [0.05, 0.1) is 10.7 Å². The molecule has 0 atom stereocenters. The van der Waals surface area contributed by atoms with E-state index in [0.717, 1.165) is 25.0 Å². The zero-order chi connectivity index (χ0) is 18.0. The number of aryl methyl sites for hydroxylation is 2. The first kappa shape index (κ1) is 17.8. The number of amides is 1. The SMILES string of the molecule is Cc1ccnn1CCCNC(=O)Cn1nc(C(F)F)c(Cl)c1C1CC1. The topological polar surface area (TPSA) is 64.7 Å². The van der Waals surface area contributed by atoms with Crippen LogP contribution in [-0.2, 0) is 17.9 Å². The van der Waals surface area contributed by atoms with Crippen LogP contribution in [0.25, 0.3) is 0 Å². The normalized spacial score (nSPS) is 14.3. The molecule has 0 unspecified atom stereocenters. The average molecular weight is 372 g/mol. The van der Waals surface area contributed by atoms with Crippen molar-refractivity contribution in [2.45, 2.75) is 51.6 Å². The van der Waals surface area contributed by atoms with Crippen molar-refractivity contribution in [1.82, 2.24) is 24.9 Å². The predicted molar refractivity (Wildman–Crippen MR) is 88.8 cm³/mol. The van der Waals surface area contributed by atoms with E-state index in [2.05, 4.69) is 15.5 Å². The molecule has 1 amide bonds. The summed E-state index contributed by atoms with van der Waals surface area (Å²) in [6.45, 7) is 3.05. The van der Waals surface area contributed by atoms with Crippen molar-refractivity contribution in [3.05, 3.63) is 34.4 Å². The van der Waals surface area contributed by atoms with E-state index >= 15 is 0 Å². The van der Waals surface area contributed by atoms with Crippen molar-refractivity contribution in [2.24, 2.45) is 0 Å². The molecule has 1 fully saturated rings. The highest BCUT2D eigenvalue weighted by Gasteiger charge is 2.34. The Morgan fingerprint density at radius 2 is 2.20 bits per heavy atom. The van der Waals surface area contributed by atoms with Gasteiger partial charge in [-0.05, 0) is 32.3 Å². The van der Waals surface area contributed by atoms with Crippen molar-refractivity contribution < 1.29 is 13.6 Å². The minimum absolute atomic E-state index is 0.000502. The minimum atomic E-state index is -2.74. The summed E-state index contributed by atoms with van der Waals surface area (Å²) in [5.41, 5.74) is 1.18. The van der Waals surface area contributed by atoms with Crippen LogP contribution in [0.2, 0.25) is 5.02 Å². The molecule has 2 aromatic heterocycles. The standard InChI is InChI=1S/C16H20ClF2N5O/c1-10-5-7-21-23(10)8-2-6-20-12(25)9-24-15(11-3-4-11)13(17)14(22-24)16(18)19/h5,7,11,16H,2-4,6,8-9H2,1H3,(H,20,25). The summed E-state index contributed by atoms with van der Waals surface area (Å²) in [6, 6.07) is 1.92. The molecule has 136 valence electrons. The lowest BCUT2D eigenvalue weighted by Crippen LogP contribution is -2.30. The van der Waals surface area contributed by atoms with E-state index in [1.165, 1.54) is 4.68 Å². The Hall–Kier alpha value is -1.96. The largest absolute Gasteiger partial charge is 0.354 e. The monoisotopic (exact) mass is 371 g/mol. The second kappa shape index (κ2) is 7.51. The highest BCUT2D eigenvalue weighted by atomic mass is 35.5. The minimum Gasteiger partial charge on any atom is -0.354 e. The lowest BCUT2D eigenvalue weighted by atomic mass is 10.2. The predicted octanol–water partition coefficient (Wildman–Crippen LogP) is 3.06. The van der Waals surface area contributed by atoms with Crippen molar-refractivity contribution in [2.75, 3.05) is 6.54 Å². The van der Waals surface area contributed by atoms with E-state index in [1.807, 2.05) is 17.7 Å². The molecular formula is C16H20ClF2N5O. The first-order valence-electron chi connectivity index (χ1n) is 8.26. The smallest absolute Gasteiger partial charge is 0.283 e. The third-order valence-electron chi connectivity index (χ3n) is 4.22. The van der Waals surface area contributed by atoms with Crippen molar-refractivity contribution in [3.63, 3.8) is 0 Å². The summed E-state index contributed by atoms with van der Waals surface area (Å²) in [5, 5.41) is 10.8. The van der Waals surface area contributed by atoms with Gasteiger partial charge in [0, 0.05) is 30.9 Å². The maximum absolute atomic E-state index is 13.0. The molecule has 3 rings (SSSR count). The summed E-state index contributed by atoms with van der Waals surface area (Å²) in [5.74, 6) is -0.137. The van der Waals surface area contributed by atoms with Crippen molar-refractivity contribution >= 4 is 17.5 Å². The number of nitrogens with zero attached hydrogens (tertiary/aromatic N) is 4. The van der Waals surface area contributed by atoms with Crippen molar-refractivity contribution in [3.8, 4) is 0 Å². The average Bonchev–Trinajstić information content (AvgIpc) is 3.22. The second-order valence-corrected chi connectivity index (χ2v) is 6.59. The highest BCUT2D eigenvalue weighted by Crippen LogP contribution is 2.45. The Morgan fingerprint density at radius 3 is 2.80 bits per heavy atom. The number of nitrogens with one attached hydrogen (secondary N) is 1.